The lowest BCUT2D eigenvalue weighted by Crippen LogP contribution is -2.30. The number of thioether (sulfide) groups is 1. The number of carbonyl (C=O) groups is 1. The number of fused-ring (bicyclic) bond motifs is 2. The lowest BCUT2D eigenvalue weighted by atomic mass is 10.0. The predicted octanol–water partition coefficient (Wildman–Crippen LogP) is 3.98. The van der Waals surface area contributed by atoms with Gasteiger partial charge in [0, 0.05) is 28.3 Å². The van der Waals surface area contributed by atoms with Crippen LogP contribution in [0.5, 0.6) is 0 Å². The molecule has 5 nitrogen and oxygen atoms in total. The third-order valence-corrected chi connectivity index (χ3v) is 5.57. The summed E-state index contributed by atoms with van der Waals surface area (Å²) in [5, 5.41) is 8.42. The number of amides is 1. The minimum absolute atomic E-state index is 0.0547. The lowest BCUT2D eigenvalue weighted by molar-refractivity contribution is 0.0935. The van der Waals surface area contributed by atoms with Gasteiger partial charge in [0.25, 0.3) is 5.91 Å². The molecular weight excluding hydrogens is 332 g/mol. The average Bonchev–Trinajstić information content (AvgIpc) is 3.05. The standard InChI is InChI=1S/C19H20N4OS/c1-12(2)23-18-13(11-21-23)9-14(10-20-18)19(24)22-16-7-8-25-17-6-4-3-5-15(16)17/h3-6,9-12,16H,7-8H2,1-2H3,(H,22,24)/t16-/m1/s1. The molecular formula is C19H20N4OS. The molecule has 4 rings (SSSR count). The molecule has 1 aliphatic heterocycles. The fourth-order valence-electron chi connectivity index (χ4n) is 3.18. The van der Waals surface area contributed by atoms with Crippen LogP contribution in [0.15, 0.2) is 47.6 Å². The predicted molar refractivity (Wildman–Crippen MR) is 99.9 cm³/mol. The van der Waals surface area contributed by atoms with E-state index >= 15 is 0 Å². The van der Waals surface area contributed by atoms with Crippen molar-refractivity contribution in [1.82, 2.24) is 20.1 Å². The molecule has 1 atom stereocenters. The molecule has 1 amide bonds. The first-order valence-corrected chi connectivity index (χ1v) is 9.48. The van der Waals surface area contributed by atoms with E-state index in [-0.39, 0.29) is 18.0 Å². The number of nitrogens with zero attached hydrogens (tertiary/aromatic N) is 3. The van der Waals surface area contributed by atoms with Gasteiger partial charge < -0.3 is 5.32 Å². The zero-order valence-corrected chi connectivity index (χ0v) is 15.1. The van der Waals surface area contributed by atoms with Crippen LogP contribution in [-0.4, -0.2) is 26.4 Å². The van der Waals surface area contributed by atoms with Crippen LogP contribution < -0.4 is 5.32 Å². The number of benzene rings is 1. The van der Waals surface area contributed by atoms with E-state index in [9.17, 15) is 4.79 Å². The van der Waals surface area contributed by atoms with Crippen LogP contribution in [0.2, 0.25) is 0 Å². The summed E-state index contributed by atoms with van der Waals surface area (Å²) in [6.45, 7) is 4.13. The molecule has 0 unspecified atom stereocenters. The third kappa shape index (κ3) is 3.02. The molecule has 1 N–H and O–H groups in total. The summed E-state index contributed by atoms with van der Waals surface area (Å²) < 4.78 is 1.87. The van der Waals surface area contributed by atoms with Crippen LogP contribution in [-0.2, 0) is 0 Å². The fraction of sp³-hybridized carbons (Fsp3) is 0.316. The van der Waals surface area contributed by atoms with Crippen molar-refractivity contribution < 1.29 is 4.79 Å². The smallest absolute Gasteiger partial charge is 0.253 e. The molecule has 1 aromatic carbocycles. The van der Waals surface area contributed by atoms with Gasteiger partial charge in [0.15, 0.2) is 5.65 Å². The Morgan fingerprint density at radius 1 is 1.32 bits per heavy atom. The summed E-state index contributed by atoms with van der Waals surface area (Å²) in [6.07, 6.45) is 4.35. The summed E-state index contributed by atoms with van der Waals surface area (Å²) in [5.41, 5.74) is 2.59. The normalized spacial score (nSPS) is 16.8. The second-order valence-corrected chi connectivity index (χ2v) is 7.66. The van der Waals surface area contributed by atoms with Crippen molar-refractivity contribution in [2.24, 2.45) is 0 Å². The molecule has 25 heavy (non-hydrogen) atoms. The van der Waals surface area contributed by atoms with Gasteiger partial charge in [-0.15, -0.1) is 11.8 Å². The van der Waals surface area contributed by atoms with E-state index in [2.05, 4.69) is 41.4 Å². The van der Waals surface area contributed by atoms with Crippen molar-refractivity contribution in [3.05, 3.63) is 53.9 Å². The van der Waals surface area contributed by atoms with Crippen LogP contribution in [0.3, 0.4) is 0 Å². The van der Waals surface area contributed by atoms with Crippen LogP contribution in [0.1, 0.15) is 48.3 Å². The van der Waals surface area contributed by atoms with Crippen LogP contribution in [0.25, 0.3) is 11.0 Å². The fourth-order valence-corrected chi connectivity index (χ4v) is 4.30. The molecule has 0 spiro atoms. The van der Waals surface area contributed by atoms with Gasteiger partial charge in [-0.2, -0.15) is 5.10 Å². The number of carbonyl (C=O) groups excluding carboxylic acids is 1. The van der Waals surface area contributed by atoms with Crippen molar-refractivity contribution in [2.75, 3.05) is 5.75 Å². The summed E-state index contributed by atoms with van der Waals surface area (Å²) >= 11 is 1.85. The summed E-state index contributed by atoms with van der Waals surface area (Å²) in [6, 6.07) is 10.4. The van der Waals surface area contributed by atoms with Crippen LogP contribution in [0, 0.1) is 0 Å². The number of rotatable bonds is 3. The number of aromatic nitrogens is 3. The minimum Gasteiger partial charge on any atom is -0.345 e. The van der Waals surface area contributed by atoms with Gasteiger partial charge in [-0.3, -0.25) is 4.79 Å². The van der Waals surface area contributed by atoms with Gasteiger partial charge in [0.2, 0.25) is 0 Å². The van der Waals surface area contributed by atoms with Gasteiger partial charge in [0.05, 0.1) is 17.8 Å². The number of hydrogen-bond acceptors (Lipinski definition) is 4. The summed E-state index contributed by atoms with van der Waals surface area (Å²) in [7, 11) is 0. The molecule has 3 aromatic rings. The van der Waals surface area contributed by atoms with E-state index in [0.717, 1.165) is 23.2 Å². The quantitative estimate of drug-likeness (QED) is 0.774. The molecule has 1 aliphatic rings. The maximum atomic E-state index is 12.7. The van der Waals surface area contributed by atoms with Crippen molar-refractivity contribution in [2.45, 2.75) is 37.2 Å². The largest absolute Gasteiger partial charge is 0.345 e. The first kappa shape index (κ1) is 16.1. The SMILES string of the molecule is CC(C)n1ncc2cc(C(=O)N[C@@H]3CCSc4ccccc43)cnc21. The first-order valence-electron chi connectivity index (χ1n) is 8.49. The molecule has 128 valence electrons. The summed E-state index contributed by atoms with van der Waals surface area (Å²) in [5.74, 6) is 0.929. The molecule has 2 aromatic heterocycles. The second-order valence-electron chi connectivity index (χ2n) is 6.52. The van der Waals surface area contributed by atoms with E-state index in [1.807, 2.05) is 34.6 Å². The van der Waals surface area contributed by atoms with Crippen LogP contribution in [0.4, 0.5) is 0 Å². The lowest BCUT2D eigenvalue weighted by Gasteiger charge is -2.25. The molecule has 0 saturated carbocycles. The monoisotopic (exact) mass is 352 g/mol. The Labute approximate surface area is 150 Å². The zero-order chi connectivity index (χ0) is 17.4. The maximum Gasteiger partial charge on any atom is 0.253 e. The number of pyridine rings is 1. The highest BCUT2D eigenvalue weighted by Gasteiger charge is 2.22. The van der Waals surface area contributed by atoms with Crippen molar-refractivity contribution in [3.8, 4) is 0 Å². The number of hydrogen-bond donors (Lipinski definition) is 1. The molecule has 0 fully saturated rings. The van der Waals surface area contributed by atoms with E-state index in [0.29, 0.717) is 5.56 Å². The Morgan fingerprint density at radius 2 is 2.16 bits per heavy atom. The van der Waals surface area contributed by atoms with Gasteiger partial charge in [0.1, 0.15) is 0 Å². The molecule has 0 saturated heterocycles. The molecule has 0 aliphatic carbocycles. The van der Waals surface area contributed by atoms with Gasteiger partial charge in [-0.1, -0.05) is 18.2 Å². The topological polar surface area (TPSA) is 59.8 Å². The molecule has 6 heteroatoms. The Hall–Kier alpha value is -2.34. The molecule has 0 bridgehead atoms. The molecule has 3 heterocycles. The van der Waals surface area contributed by atoms with Gasteiger partial charge in [-0.05, 0) is 38.0 Å². The summed E-state index contributed by atoms with van der Waals surface area (Å²) in [4.78, 5) is 18.4. The first-order chi connectivity index (χ1) is 12.1. The Morgan fingerprint density at radius 3 is 3.00 bits per heavy atom. The molecule has 0 radical (unpaired) electrons. The van der Waals surface area contributed by atoms with Crippen molar-refractivity contribution >= 4 is 28.7 Å². The van der Waals surface area contributed by atoms with E-state index in [1.54, 1.807) is 12.4 Å². The highest BCUT2D eigenvalue weighted by molar-refractivity contribution is 7.99. The second kappa shape index (κ2) is 6.52. The number of nitrogens with one attached hydrogen (secondary N) is 1. The van der Waals surface area contributed by atoms with E-state index < -0.39 is 0 Å². The van der Waals surface area contributed by atoms with Crippen LogP contribution >= 0.6 is 11.8 Å². The van der Waals surface area contributed by atoms with Gasteiger partial charge in [-0.25, -0.2) is 9.67 Å². The third-order valence-electron chi connectivity index (χ3n) is 4.45. The Balaban J connectivity index is 1.59. The zero-order valence-electron chi connectivity index (χ0n) is 14.3. The van der Waals surface area contributed by atoms with Crippen molar-refractivity contribution in [1.29, 1.82) is 0 Å². The van der Waals surface area contributed by atoms with Crippen molar-refractivity contribution in [3.63, 3.8) is 0 Å². The average molecular weight is 352 g/mol. The van der Waals surface area contributed by atoms with E-state index in [4.69, 9.17) is 0 Å². The van der Waals surface area contributed by atoms with Gasteiger partial charge >= 0.3 is 0 Å². The maximum absolute atomic E-state index is 12.7. The van der Waals surface area contributed by atoms with E-state index in [1.165, 1.54) is 10.5 Å². The highest BCUT2D eigenvalue weighted by Crippen LogP contribution is 2.35. The highest BCUT2D eigenvalue weighted by atomic mass is 32.2. The Kier molecular flexibility index (Phi) is 4.21. The Bertz CT molecular complexity index is 934. The minimum atomic E-state index is -0.0848.